The first-order chi connectivity index (χ1) is 12.6. The molecule has 0 aromatic heterocycles. The van der Waals surface area contributed by atoms with Crippen LogP contribution in [0.15, 0.2) is 46.9 Å². The number of amides is 1. The molecule has 5 nitrogen and oxygen atoms in total. The molecule has 1 saturated heterocycles. The Balaban J connectivity index is 1.54. The molecule has 142 valence electrons. The van der Waals surface area contributed by atoms with Crippen LogP contribution >= 0.6 is 0 Å². The lowest BCUT2D eigenvalue weighted by molar-refractivity contribution is -0.126. The molecular formula is C20H28N2O3S. The normalized spacial score (nSPS) is 21.8. The average molecular weight is 377 g/mol. The van der Waals surface area contributed by atoms with E-state index < -0.39 is 10.0 Å². The van der Waals surface area contributed by atoms with Gasteiger partial charge in [-0.25, -0.2) is 8.42 Å². The Morgan fingerprint density at radius 1 is 1.15 bits per heavy atom. The molecule has 1 atom stereocenters. The van der Waals surface area contributed by atoms with Crippen molar-refractivity contribution in [3.05, 3.63) is 42.0 Å². The molecule has 1 N–H and O–H groups in total. The van der Waals surface area contributed by atoms with Crippen molar-refractivity contribution >= 4 is 15.9 Å². The summed E-state index contributed by atoms with van der Waals surface area (Å²) in [5.74, 6) is -0.281. The van der Waals surface area contributed by atoms with Crippen molar-refractivity contribution in [3.63, 3.8) is 0 Å². The molecule has 2 aliphatic rings. The smallest absolute Gasteiger partial charge is 0.243 e. The number of sulfonamides is 1. The summed E-state index contributed by atoms with van der Waals surface area (Å²) < 4.78 is 27.0. The first-order valence-corrected chi connectivity index (χ1v) is 11.0. The maximum absolute atomic E-state index is 12.8. The van der Waals surface area contributed by atoms with Gasteiger partial charge in [0, 0.05) is 19.6 Å². The van der Waals surface area contributed by atoms with E-state index in [0.29, 0.717) is 18.0 Å². The highest BCUT2D eigenvalue weighted by Gasteiger charge is 2.33. The van der Waals surface area contributed by atoms with E-state index in [2.05, 4.69) is 11.4 Å². The second kappa shape index (κ2) is 8.82. The maximum Gasteiger partial charge on any atom is 0.243 e. The lowest BCUT2D eigenvalue weighted by atomic mass is 9.96. The number of nitrogens with one attached hydrogen (secondary N) is 1. The predicted octanol–water partition coefficient (Wildman–Crippen LogP) is 3.09. The van der Waals surface area contributed by atoms with E-state index in [-0.39, 0.29) is 18.4 Å². The van der Waals surface area contributed by atoms with Gasteiger partial charge in [-0.15, -0.1) is 0 Å². The first-order valence-electron chi connectivity index (χ1n) is 9.58. The van der Waals surface area contributed by atoms with Gasteiger partial charge in [-0.05, 0) is 57.1 Å². The average Bonchev–Trinajstić information content (AvgIpc) is 2.69. The fourth-order valence-electron chi connectivity index (χ4n) is 3.74. The minimum atomic E-state index is -3.52. The number of carbonyl (C=O) groups is 1. The van der Waals surface area contributed by atoms with Gasteiger partial charge in [-0.2, -0.15) is 4.31 Å². The molecule has 0 saturated carbocycles. The summed E-state index contributed by atoms with van der Waals surface area (Å²) in [5.41, 5.74) is 1.44. The van der Waals surface area contributed by atoms with Gasteiger partial charge in [0.2, 0.25) is 15.9 Å². The first kappa shape index (κ1) is 19.1. The number of hydrogen-bond acceptors (Lipinski definition) is 3. The van der Waals surface area contributed by atoms with E-state index in [4.69, 9.17) is 0 Å². The van der Waals surface area contributed by atoms with Gasteiger partial charge in [0.1, 0.15) is 0 Å². The van der Waals surface area contributed by atoms with Gasteiger partial charge in [0.15, 0.2) is 0 Å². The third-order valence-corrected chi connectivity index (χ3v) is 7.15. The van der Waals surface area contributed by atoms with Crippen LogP contribution < -0.4 is 5.32 Å². The summed E-state index contributed by atoms with van der Waals surface area (Å²) in [6.45, 7) is 1.40. The van der Waals surface area contributed by atoms with E-state index in [9.17, 15) is 13.2 Å². The third-order valence-electron chi connectivity index (χ3n) is 5.27. The van der Waals surface area contributed by atoms with E-state index in [1.807, 2.05) is 0 Å². The van der Waals surface area contributed by atoms with Gasteiger partial charge >= 0.3 is 0 Å². The molecule has 1 aromatic rings. The zero-order valence-electron chi connectivity index (χ0n) is 15.2. The largest absolute Gasteiger partial charge is 0.356 e. The van der Waals surface area contributed by atoms with Crippen LogP contribution in [-0.2, 0) is 14.8 Å². The fourth-order valence-corrected chi connectivity index (χ4v) is 5.28. The Hall–Kier alpha value is -1.66. The fraction of sp³-hybridized carbons (Fsp3) is 0.550. The van der Waals surface area contributed by atoms with Crippen LogP contribution in [-0.4, -0.2) is 38.3 Å². The summed E-state index contributed by atoms with van der Waals surface area (Å²) in [7, 11) is -3.52. The quantitative estimate of drug-likeness (QED) is 0.776. The molecule has 1 amide bonds. The molecule has 1 aliphatic heterocycles. The molecule has 6 heteroatoms. The molecule has 0 radical (unpaired) electrons. The summed E-state index contributed by atoms with van der Waals surface area (Å²) in [6, 6.07) is 8.46. The van der Waals surface area contributed by atoms with Crippen LogP contribution in [0.4, 0.5) is 0 Å². The number of rotatable bonds is 6. The highest BCUT2D eigenvalue weighted by molar-refractivity contribution is 7.89. The number of hydrogen-bond donors (Lipinski definition) is 1. The van der Waals surface area contributed by atoms with Crippen molar-refractivity contribution in [3.8, 4) is 0 Å². The number of benzene rings is 1. The molecule has 3 rings (SSSR count). The van der Waals surface area contributed by atoms with Crippen LogP contribution in [0.2, 0.25) is 0 Å². The monoisotopic (exact) mass is 376 g/mol. The van der Waals surface area contributed by atoms with Crippen molar-refractivity contribution in [2.24, 2.45) is 5.92 Å². The lowest BCUT2D eigenvalue weighted by Crippen LogP contribution is -2.45. The van der Waals surface area contributed by atoms with Gasteiger partial charge in [0.05, 0.1) is 10.8 Å². The molecule has 26 heavy (non-hydrogen) atoms. The van der Waals surface area contributed by atoms with Crippen LogP contribution in [0.1, 0.15) is 44.9 Å². The predicted molar refractivity (Wildman–Crippen MR) is 102 cm³/mol. The zero-order valence-corrected chi connectivity index (χ0v) is 16.0. The number of nitrogens with zero attached hydrogens (tertiary/aromatic N) is 1. The van der Waals surface area contributed by atoms with E-state index in [1.54, 1.807) is 30.3 Å². The summed E-state index contributed by atoms with van der Waals surface area (Å²) in [4.78, 5) is 12.8. The highest BCUT2D eigenvalue weighted by Crippen LogP contribution is 2.24. The Kier molecular flexibility index (Phi) is 6.48. The molecule has 1 aliphatic carbocycles. The minimum Gasteiger partial charge on any atom is -0.356 e. The Labute approximate surface area is 156 Å². The van der Waals surface area contributed by atoms with Crippen LogP contribution in [0.5, 0.6) is 0 Å². The van der Waals surface area contributed by atoms with Crippen LogP contribution in [0.3, 0.4) is 0 Å². The topological polar surface area (TPSA) is 66.5 Å². The van der Waals surface area contributed by atoms with Gasteiger partial charge in [-0.3, -0.25) is 4.79 Å². The molecule has 1 heterocycles. The summed E-state index contributed by atoms with van der Waals surface area (Å²) in [6.07, 6.45) is 9.47. The van der Waals surface area contributed by atoms with Crippen molar-refractivity contribution < 1.29 is 13.2 Å². The molecule has 1 aromatic carbocycles. The SMILES string of the molecule is O=C(NCCC1=CCCCC1)[C@@H]1CCCN(S(=O)(=O)c2ccccc2)C1. The molecule has 0 spiro atoms. The van der Waals surface area contributed by atoms with Crippen LogP contribution in [0, 0.1) is 5.92 Å². The number of allylic oxidation sites excluding steroid dienone is 1. The minimum absolute atomic E-state index is 0.0191. The van der Waals surface area contributed by atoms with Gasteiger partial charge < -0.3 is 5.32 Å². The third kappa shape index (κ3) is 4.74. The summed E-state index contributed by atoms with van der Waals surface area (Å²) >= 11 is 0. The van der Waals surface area contributed by atoms with E-state index in [1.165, 1.54) is 22.7 Å². The molecule has 0 bridgehead atoms. The molecule has 0 unspecified atom stereocenters. The van der Waals surface area contributed by atoms with E-state index >= 15 is 0 Å². The Morgan fingerprint density at radius 2 is 1.96 bits per heavy atom. The number of carbonyl (C=O) groups excluding carboxylic acids is 1. The van der Waals surface area contributed by atoms with Gasteiger partial charge in [-0.1, -0.05) is 29.8 Å². The van der Waals surface area contributed by atoms with Crippen molar-refractivity contribution in [1.82, 2.24) is 9.62 Å². The number of piperidine rings is 1. The van der Waals surface area contributed by atoms with Gasteiger partial charge in [0.25, 0.3) is 0 Å². The highest BCUT2D eigenvalue weighted by atomic mass is 32.2. The van der Waals surface area contributed by atoms with Crippen molar-refractivity contribution in [2.75, 3.05) is 19.6 Å². The Bertz CT molecular complexity index is 744. The molecular weight excluding hydrogens is 348 g/mol. The van der Waals surface area contributed by atoms with Crippen molar-refractivity contribution in [1.29, 1.82) is 0 Å². The second-order valence-electron chi connectivity index (χ2n) is 7.16. The second-order valence-corrected chi connectivity index (χ2v) is 9.10. The standard InChI is InChI=1S/C20H28N2O3S/c23-20(21-14-13-17-8-3-1-4-9-17)18-10-7-15-22(16-18)26(24,25)19-11-5-2-6-12-19/h2,5-6,8,11-12,18H,1,3-4,7,9-10,13-16H2,(H,21,23)/t18-/m1/s1. The van der Waals surface area contributed by atoms with E-state index in [0.717, 1.165) is 32.1 Å². The van der Waals surface area contributed by atoms with Crippen molar-refractivity contribution in [2.45, 2.75) is 49.8 Å². The maximum atomic E-state index is 12.8. The summed E-state index contributed by atoms with van der Waals surface area (Å²) in [5, 5.41) is 3.01. The lowest BCUT2D eigenvalue weighted by Gasteiger charge is -2.31. The molecule has 1 fully saturated rings. The zero-order chi connectivity index (χ0) is 18.4. The Morgan fingerprint density at radius 3 is 2.69 bits per heavy atom. The van der Waals surface area contributed by atoms with Crippen LogP contribution in [0.25, 0.3) is 0 Å².